The number of hydrogen-bond donors (Lipinski definition) is 2. The van der Waals surface area contributed by atoms with E-state index in [1.165, 1.54) is 23.9 Å². The predicted molar refractivity (Wildman–Crippen MR) is 104 cm³/mol. The fourth-order valence-corrected chi connectivity index (χ4v) is 3.60. The maximum Gasteiger partial charge on any atom is 0.234 e. The molecule has 6 nitrogen and oxygen atoms in total. The van der Waals surface area contributed by atoms with Crippen molar-refractivity contribution in [3.05, 3.63) is 54.5 Å². The summed E-state index contributed by atoms with van der Waals surface area (Å²) in [4.78, 5) is 15.5. The number of hydrogen-bond acceptors (Lipinski definition) is 5. The third-order valence-corrected chi connectivity index (χ3v) is 5.04. The van der Waals surface area contributed by atoms with Crippen LogP contribution in [0.15, 0.2) is 53.7 Å². The maximum absolute atomic E-state index is 13.5. The Morgan fingerprint density at radius 2 is 2.11 bits per heavy atom. The molecule has 0 atom stereocenters. The first kappa shape index (κ1) is 17.3. The van der Waals surface area contributed by atoms with Crippen LogP contribution < -0.4 is 10.1 Å². The van der Waals surface area contributed by atoms with Crippen LogP contribution >= 0.6 is 11.8 Å². The molecule has 0 aliphatic rings. The number of amides is 1. The van der Waals surface area contributed by atoms with Crippen LogP contribution in [0, 0.1) is 5.82 Å². The molecular formula is C19H15FN4O2S. The second kappa shape index (κ2) is 7.24. The highest BCUT2D eigenvalue weighted by atomic mass is 32.2. The van der Waals surface area contributed by atoms with E-state index in [0.29, 0.717) is 16.5 Å². The standard InChI is InChI=1S/C19H15FN4O2S/c1-26-16-5-3-2-4-15(16)22-17(25)10-27-19-18-13(9-21-24-19)12-8-11(20)6-7-14(12)23-18/h2-9,23H,10H2,1H3,(H,22,25). The second-order valence-corrected chi connectivity index (χ2v) is 6.75. The molecule has 2 heterocycles. The molecule has 2 aromatic heterocycles. The van der Waals surface area contributed by atoms with Crippen LogP contribution in [-0.4, -0.2) is 34.0 Å². The summed E-state index contributed by atoms with van der Waals surface area (Å²) in [6.45, 7) is 0. The minimum Gasteiger partial charge on any atom is -0.495 e. The van der Waals surface area contributed by atoms with Crippen molar-refractivity contribution < 1.29 is 13.9 Å². The van der Waals surface area contributed by atoms with Crippen LogP contribution in [0.3, 0.4) is 0 Å². The van der Waals surface area contributed by atoms with E-state index < -0.39 is 0 Å². The molecule has 0 bridgehead atoms. The van der Waals surface area contributed by atoms with Crippen LogP contribution in [0.1, 0.15) is 0 Å². The van der Waals surface area contributed by atoms with Gasteiger partial charge in [0, 0.05) is 16.3 Å². The Morgan fingerprint density at radius 3 is 2.96 bits per heavy atom. The number of nitrogens with one attached hydrogen (secondary N) is 2. The van der Waals surface area contributed by atoms with Crippen molar-refractivity contribution >= 4 is 45.2 Å². The van der Waals surface area contributed by atoms with Gasteiger partial charge in [-0.3, -0.25) is 4.79 Å². The van der Waals surface area contributed by atoms with Gasteiger partial charge in [-0.05, 0) is 30.3 Å². The Kier molecular flexibility index (Phi) is 4.64. The van der Waals surface area contributed by atoms with E-state index in [0.717, 1.165) is 21.8 Å². The lowest BCUT2D eigenvalue weighted by atomic mass is 10.2. The summed E-state index contributed by atoms with van der Waals surface area (Å²) >= 11 is 1.26. The number of methoxy groups -OCH3 is 1. The highest BCUT2D eigenvalue weighted by molar-refractivity contribution is 8.00. The molecule has 0 unspecified atom stereocenters. The molecule has 0 fully saturated rings. The van der Waals surface area contributed by atoms with Crippen molar-refractivity contribution in [1.29, 1.82) is 0 Å². The van der Waals surface area contributed by atoms with Crippen molar-refractivity contribution in [2.45, 2.75) is 5.03 Å². The quantitative estimate of drug-likeness (QED) is 0.510. The lowest BCUT2D eigenvalue weighted by Gasteiger charge is -2.09. The molecular weight excluding hydrogens is 367 g/mol. The van der Waals surface area contributed by atoms with Gasteiger partial charge < -0.3 is 15.0 Å². The molecule has 0 spiro atoms. The molecule has 136 valence electrons. The number of rotatable bonds is 5. The number of H-pyrrole nitrogens is 1. The first-order valence-corrected chi connectivity index (χ1v) is 9.12. The molecule has 0 saturated carbocycles. The van der Waals surface area contributed by atoms with Gasteiger partial charge in [0.25, 0.3) is 0 Å². The number of anilines is 1. The van der Waals surface area contributed by atoms with Crippen LogP contribution in [0.2, 0.25) is 0 Å². The number of para-hydroxylation sites is 2. The fraction of sp³-hybridized carbons (Fsp3) is 0.105. The monoisotopic (exact) mass is 382 g/mol. The summed E-state index contributed by atoms with van der Waals surface area (Å²) in [6.07, 6.45) is 1.59. The topological polar surface area (TPSA) is 79.9 Å². The number of benzene rings is 2. The number of ether oxygens (including phenoxy) is 1. The first-order chi connectivity index (χ1) is 13.2. The Labute approximate surface area is 158 Å². The van der Waals surface area contributed by atoms with Crippen molar-refractivity contribution in [1.82, 2.24) is 15.2 Å². The number of aromatic amines is 1. The Bertz CT molecular complexity index is 1150. The molecule has 0 radical (unpaired) electrons. The van der Waals surface area contributed by atoms with Gasteiger partial charge in [0.2, 0.25) is 5.91 Å². The minimum atomic E-state index is -0.314. The van der Waals surface area contributed by atoms with Gasteiger partial charge in [-0.15, -0.1) is 5.10 Å². The predicted octanol–water partition coefficient (Wildman–Crippen LogP) is 3.99. The van der Waals surface area contributed by atoms with E-state index in [1.54, 1.807) is 31.5 Å². The minimum absolute atomic E-state index is 0.148. The molecule has 27 heavy (non-hydrogen) atoms. The zero-order chi connectivity index (χ0) is 18.8. The zero-order valence-corrected chi connectivity index (χ0v) is 15.1. The van der Waals surface area contributed by atoms with Gasteiger partial charge >= 0.3 is 0 Å². The van der Waals surface area contributed by atoms with Crippen molar-refractivity contribution in [3.63, 3.8) is 0 Å². The van der Waals surface area contributed by atoms with Crippen molar-refractivity contribution in [2.24, 2.45) is 0 Å². The highest BCUT2D eigenvalue weighted by Gasteiger charge is 2.13. The van der Waals surface area contributed by atoms with E-state index >= 15 is 0 Å². The number of halogens is 1. The fourth-order valence-electron chi connectivity index (χ4n) is 2.85. The second-order valence-electron chi connectivity index (χ2n) is 5.79. The number of aromatic nitrogens is 3. The Balaban J connectivity index is 1.55. The molecule has 0 aliphatic carbocycles. The number of fused-ring (bicyclic) bond motifs is 3. The average molecular weight is 382 g/mol. The summed E-state index contributed by atoms with van der Waals surface area (Å²) in [5.41, 5.74) is 2.14. The molecule has 0 aliphatic heterocycles. The van der Waals surface area contributed by atoms with Gasteiger partial charge in [-0.2, -0.15) is 5.10 Å². The van der Waals surface area contributed by atoms with E-state index in [2.05, 4.69) is 20.5 Å². The van der Waals surface area contributed by atoms with Crippen LogP contribution in [0.5, 0.6) is 5.75 Å². The van der Waals surface area contributed by atoms with Gasteiger partial charge in [-0.25, -0.2) is 4.39 Å². The Morgan fingerprint density at radius 1 is 1.26 bits per heavy atom. The van der Waals surface area contributed by atoms with E-state index in [4.69, 9.17) is 4.74 Å². The first-order valence-electron chi connectivity index (χ1n) is 8.14. The van der Waals surface area contributed by atoms with Crippen LogP contribution in [0.4, 0.5) is 10.1 Å². The van der Waals surface area contributed by atoms with Crippen LogP contribution in [0.25, 0.3) is 21.8 Å². The van der Waals surface area contributed by atoms with E-state index in [9.17, 15) is 9.18 Å². The highest BCUT2D eigenvalue weighted by Crippen LogP contribution is 2.31. The largest absolute Gasteiger partial charge is 0.495 e. The lowest BCUT2D eigenvalue weighted by molar-refractivity contribution is -0.113. The summed E-state index contributed by atoms with van der Waals surface area (Å²) in [7, 11) is 1.55. The molecule has 0 saturated heterocycles. The summed E-state index contributed by atoms with van der Waals surface area (Å²) in [6, 6.07) is 11.7. The molecule has 1 amide bonds. The number of thioether (sulfide) groups is 1. The molecule has 2 N–H and O–H groups in total. The SMILES string of the molecule is COc1ccccc1NC(=O)CSc1nncc2c1[nH]c1ccc(F)cc12. The molecule has 8 heteroatoms. The third kappa shape index (κ3) is 3.43. The van der Waals surface area contributed by atoms with Gasteiger partial charge in [-0.1, -0.05) is 23.9 Å². The molecule has 2 aromatic carbocycles. The van der Waals surface area contributed by atoms with Crippen molar-refractivity contribution in [2.75, 3.05) is 18.2 Å². The summed E-state index contributed by atoms with van der Waals surface area (Å²) < 4.78 is 18.8. The van der Waals surface area contributed by atoms with Gasteiger partial charge in [0.05, 0.1) is 30.3 Å². The number of carbonyl (C=O) groups is 1. The van der Waals surface area contributed by atoms with Crippen LogP contribution in [-0.2, 0) is 4.79 Å². The van der Waals surface area contributed by atoms with E-state index in [-0.39, 0.29) is 17.5 Å². The average Bonchev–Trinajstić information content (AvgIpc) is 3.05. The maximum atomic E-state index is 13.5. The zero-order valence-electron chi connectivity index (χ0n) is 14.3. The normalized spacial score (nSPS) is 11.0. The van der Waals surface area contributed by atoms with Crippen molar-refractivity contribution in [3.8, 4) is 5.75 Å². The Hall–Kier alpha value is -3.13. The summed E-state index contributed by atoms with van der Waals surface area (Å²) in [5, 5.41) is 13.0. The number of nitrogens with zero attached hydrogens (tertiary/aromatic N) is 2. The smallest absolute Gasteiger partial charge is 0.234 e. The lowest BCUT2D eigenvalue weighted by Crippen LogP contribution is -2.14. The van der Waals surface area contributed by atoms with Gasteiger partial charge in [0.15, 0.2) is 0 Å². The third-order valence-electron chi connectivity index (χ3n) is 4.07. The number of carbonyl (C=O) groups excluding carboxylic acids is 1. The van der Waals surface area contributed by atoms with E-state index in [1.807, 2.05) is 12.1 Å². The molecule has 4 aromatic rings. The summed E-state index contributed by atoms with van der Waals surface area (Å²) in [5.74, 6) is 0.238. The molecule has 4 rings (SSSR count). The van der Waals surface area contributed by atoms with Gasteiger partial charge in [0.1, 0.15) is 16.6 Å².